The van der Waals surface area contributed by atoms with Crippen molar-refractivity contribution >= 4 is 7.94 Å². The summed E-state index contributed by atoms with van der Waals surface area (Å²) in [5.74, 6) is 0.931. The van der Waals surface area contributed by atoms with Crippen LogP contribution in [0, 0.1) is 5.92 Å². The Morgan fingerprint density at radius 1 is 1.08 bits per heavy atom. The molecule has 0 aromatic heterocycles. The van der Waals surface area contributed by atoms with E-state index < -0.39 is 7.94 Å². The molecule has 3 nitrogen and oxygen atoms in total. The van der Waals surface area contributed by atoms with E-state index in [-0.39, 0.29) is 22.4 Å². The Morgan fingerprint density at radius 3 is 2.00 bits per heavy atom. The Kier molecular flexibility index (Phi) is 5.14. The normalized spacial score (nSPS) is 24.2. The van der Waals surface area contributed by atoms with Crippen molar-refractivity contribution in [2.45, 2.75) is 78.8 Å². The molecule has 0 radical (unpaired) electrons. The Morgan fingerprint density at radius 2 is 1.58 bits per heavy atom. The summed E-state index contributed by atoms with van der Waals surface area (Å²) < 4.78 is 11.6. The topological polar surface area (TPSA) is 41.5 Å². The lowest BCUT2D eigenvalue weighted by Crippen LogP contribution is -2.23. The van der Waals surface area contributed by atoms with Gasteiger partial charge < -0.3 is 9.42 Å². The number of fused-ring (bicyclic) bond motifs is 1. The van der Waals surface area contributed by atoms with Gasteiger partial charge in [0.05, 0.1) is 6.61 Å². The molecule has 1 unspecified atom stereocenters. The van der Waals surface area contributed by atoms with E-state index in [0.29, 0.717) is 6.61 Å². The van der Waals surface area contributed by atoms with Gasteiger partial charge in [0, 0.05) is 5.56 Å². The summed E-state index contributed by atoms with van der Waals surface area (Å²) in [6, 6.07) is 4.32. The molecule has 1 heterocycles. The van der Waals surface area contributed by atoms with Crippen LogP contribution in [-0.2, 0) is 15.4 Å². The second-order valence-electron chi connectivity index (χ2n) is 9.17. The molecule has 0 bridgehead atoms. The first-order chi connectivity index (χ1) is 10.8. The van der Waals surface area contributed by atoms with E-state index >= 15 is 0 Å². The molecule has 0 saturated carbocycles. The molecular formula is C20H33O3P. The van der Waals surface area contributed by atoms with Crippen LogP contribution in [0.4, 0.5) is 0 Å². The lowest BCUT2D eigenvalue weighted by molar-refractivity contribution is -0.212. The van der Waals surface area contributed by atoms with Crippen molar-refractivity contribution in [1.29, 1.82) is 0 Å². The molecule has 2 atom stereocenters. The third-order valence-electron chi connectivity index (χ3n) is 4.59. The van der Waals surface area contributed by atoms with Gasteiger partial charge in [0.1, 0.15) is 0 Å². The maximum Gasteiger partial charge on any atom is 0.292 e. The van der Waals surface area contributed by atoms with Gasteiger partial charge in [-0.15, -0.1) is 0 Å². The van der Waals surface area contributed by atoms with Crippen LogP contribution in [0.25, 0.3) is 0 Å². The van der Waals surface area contributed by atoms with Crippen LogP contribution in [0.15, 0.2) is 12.1 Å². The summed E-state index contributed by atoms with van der Waals surface area (Å²) in [6.07, 6.45) is 0. The second-order valence-corrected chi connectivity index (χ2v) is 11.3. The average Bonchev–Trinajstić information content (AvgIpc) is 2.66. The molecule has 0 saturated heterocycles. The van der Waals surface area contributed by atoms with Crippen LogP contribution in [-0.4, -0.2) is 6.61 Å². The Balaban J connectivity index is 2.70. The van der Waals surface area contributed by atoms with Gasteiger partial charge in [-0.25, -0.2) is 4.52 Å². The van der Waals surface area contributed by atoms with Gasteiger partial charge in [-0.1, -0.05) is 55.4 Å². The molecular weight excluding hydrogens is 319 g/mol. The molecule has 2 rings (SSSR count). The largest absolute Gasteiger partial charge is 0.624 e. The van der Waals surface area contributed by atoms with Gasteiger partial charge in [-0.2, -0.15) is 0 Å². The minimum Gasteiger partial charge on any atom is -0.624 e. The van der Waals surface area contributed by atoms with Crippen molar-refractivity contribution in [3.05, 3.63) is 28.8 Å². The summed E-state index contributed by atoms with van der Waals surface area (Å²) in [7, 11) is -3.16. The van der Waals surface area contributed by atoms with Gasteiger partial charge in [0.25, 0.3) is 7.94 Å². The van der Waals surface area contributed by atoms with Crippen LogP contribution >= 0.6 is 7.94 Å². The predicted molar refractivity (Wildman–Crippen MR) is 101 cm³/mol. The van der Waals surface area contributed by atoms with E-state index in [0.717, 1.165) is 11.3 Å². The quantitative estimate of drug-likeness (QED) is 0.672. The zero-order valence-corrected chi connectivity index (χ0v) is 17.6. The molecule has 0 amide bonds. The van der Waals surface area contributed by atoms with Crippen molar-refractivity contribution in [2.24, 2.45) is 5.92 Å². The third kappa shape index (κ3) is 3.49. The highest BCUT2D eigenvalue weighted by Crippen LogP contribution is 2.73. The minimum atomic E-state index is -3.16. The van der Waals surface area contributed by atoms with Crippen molar-refractivity contribution in [2.75, 3.05) is 6.61 Å². The van der Waals surface area contributed by atoms with E-state index in [1.807, 2.05) is 6.92 Å². The van der Waals surface area contributed by atoms with E-state index in [2.05, 4.69) is 67.5 Å². The molecule has 24 heavy (non-hydrogen) atoms. The molecule has 1 aliphatic heterocycles. The minimum absolute atomic E-state index is 0.00742. The van der Waals surface area contributed by atoms with Crippen molar-refractivity contribution in [1.82, 2.24) is 0 Å². The smallest absolute Gasteiger partial charge is 0.292 e. The summed E-state index contributed by atoms with van der Waals surface area (Å²) in [5, 5.41) is 0. The lowest BCUT2D eigenvalue weighted by atomic mass is 9.74. The number of rotatable bonds is 3. The van der Waals surface area contributed by atoms with Crippen LogP contribution in [0.1, 0.15) is 84.7 Å². The first kappa shape index (κ1) is 19.7. The summed E-state index contributed by atoms with van der Waals surface area (Å²) in [4.78, 5) is 13.3. The predicted octanol–water partition coefficient (Wildman–Crippen LogP) is 5.53. The van der Waals surface area contributed by atoms with E-state index in [9.17, 15) is 4.89 Å². The molecule has 0 aliphatic carbocycles. The molecule has 4 heteroatoms. The molecule has 1 aromatic rings. The SMILES string of the molecule is CCO[P+]1([O-])Oc2cc(C(C)(C)C)c(C(C)(C)C)cc2[C@@H]1C(C)C. The molecule has 0 N–H and O–H groups in total. The molecule has 1 aromatic carbocycles. The fourth-order valence-electron chi connectivity index (χ4n) is 3.52. The third-order valence-corrected chi connectivity index (χ3v) is 7.22. The summed E-state index contributed by atoms with van der Waals surface area (Å²) >= 11 is 0. The maximum atomic E-state index is 13.3. The molecule has 0 spiro atoms. The van der Waals surface area contributed by atoms with E-state index in [4.69, 9.17) is 9.05 Å². The second kappa shape index (κ2) is 6.27. The van der Waals surface area contributed by atoms with Crippen LogP contribution in [0.2, 0.25) is 0 Å². The van der Waals surface area contributed by atoms with Crippen LogP contribution in [0.5, 0.6) is 5.75 Å². The van der Waals surface area contributed by atoms with Crippen molar-refractivity contribution in [3.63, 3.8) is 0 Å². The summed E-state index contributed by atoms with van der Waals surface area (Å²) in [5.41, 5.74) is 3.40. The average molecular weight is 352 g/mol. The fraction of sp³-hybridized carbons (Fsp3) is 0.700. The monoisotopic (exact) mass is 352 g/mol. The van der Waals surface area contributed by atoms with Gasteiger partial charge in [-0.05, 0) is 46.9 Å². The highest BCUT2D eigenvalue weighted by atomic mass is 31.2. The lowest BCUT2D eigenvalue weighted by Gasteiger charge is -2.31. The number of hydrogen-bond acceptors (Lipinski definition) is 3. The first-order valence-corrected chi connectivity index (χ1v) is 10.5. The highest BCUT2D eigenvalue weighted by molar-refractivity contribution is 7.60. The molecule has 1 aliphatic rings. The highest BCUT2D eigenvalue weighted by Gasteiger charge is 2.53. The number of hydrogen-bond donors (Lipinski definition) is 0. The Hall–Kier alpha value is -0.630. The van der Waals surface area contributed by atoms with Gasteiger partial charge >= 0.3 is 0 Å². The van der Waals surface area contributed by atoms with Crippen molar-refractivity contribution < 1.29 is 13.9 Å². The standard InChI is InChI=1S/C20H33O3P/c1-10-22-24(21)18(13(2)3)14-11-15(19(4,5)6)16(20(7,8)9)12-17(14)23-24/h11-13,18H,10H2,1-9H3/t18-,24?/m0/s1. The zero-order valence-electron chi connectivity index (χ0n) is 16.7. The van der Waals surface area contributed by atoms with Gasteiger partial charge in [-0.3, -0.25) is 0 Å². The van der Waals surface area contributed by atoms with E-state index in [1.54, 1.807) is 0 Å². The van der Waals surface area contributed by atoms with Gasteiger partial charge in [0.2, 0.25) is 0 Å². The van der Waals surface area contributed by atoms with Crippen molar-refractivity contribution in [3.8, 4) is 5.75 Å². The molecule has 136 valence electrons. The zero-order chi connectivity index (χ0) is 18.5. The first-order valence-electron chi connectivity index (χ1n) is 8.94. The number of benzene rings is 1. The Bertz CT molecular complexity index is 611. The Labute approximate surface area is 148 Å². The maximum absolute atomic E-state index is 13.3. The van der Waals surface area contributed by atoms with E-state index in [1.165, 1.54) is 11.1 Å². The fourth-order valence-corrected chi connectivity index (χ4v) is 5.91. The van der Waals surface area contributed by atoms with Crippen LogP contribution in [0.3, 0.4) is 0 Å². The summed E-state index contributed by atoms with van der Waals surface area (Å²) in [6.45, 7) is 19.7. The van der Waals surface area contributed by atoms with Gasteiger partial charge in [0.15, 0.2) is 11.4 Å². The van der Waals surface area contributed by atoms with Crippen LogP contribution < -0.4 is 9.42 Å². The molecule has 0 fully saturated rings.